The number of benzene rings is 1. The summed E-state index contributed by atoms with van der Waals surface area (Å²) in [6, 6.07) is 4.20. The first-order chi connectivity index (χ1) is 9.80. The molecule has 0 aliphatic carbocycles. The number of piperazine rings is 1. The monoisotopic (exact) mass is 293 g/mol. The van der Waals surface area contributed by atoms with Crippen molar-refractivity contribution in [1.82, 2.24) is 10.2 Å². The summed E-state index contributed by atoms with van der Waals surface area (Å²) in [6.07, 6.45) is 0. The van der Waals surface area contributed by atoms with Crippen molar-refractivity contribution in [2.24, 2.45) is 5.41 Å². The minimum Gasteiger partial charge on any atom is -0.508 e. The number of aromatic hydroxyl groups is 1. The van der Waals surface area contributed by atoms with Gasteiger partial charge in [0.15, 0.2) is 0 Å². The quantitative estimate of drug-likeness (QED) is 0.660. The Bertz CT molecular complexity index is 519. The molecule has 2 rings (SSSR count). The van der Waals surface area contributed by atoms with Gasteiger partial charge in [-0.2, -0.15) is 0 Å². The lowest BCUT2D eigenvalue weighted by molar-refractivity contribution is -0.386. The predicted molar refractivity (Wildman–Crippen MR) is 81.4 cm³/mol. The van der Waals surface area contributed by atoms with Gasteiger partial charge in [-0.15, -0.1) is 0 Å². The fourth-order valence-electron chi connectivity index (χ4n) is 3.08. The van der Waals surface area contributed by atoms with E-state index >= 15 is 0 Å². The summed E-state index contributed by atoms with van der Waals surface area (Å²) in [4.78, 5) is 13.2. The Balaban J connectivity index is 2.50. The number of hydrogen-bond donors (Lipinski definition) is 2. The van der Waals surface area contributed by atoms with E-state index in [0.717, 1.165) is 26.2 Å². The second-order valence-corrected chi connectivity index (χ2v) is 6.55. The van der Waals surface area contributed by atoms with E-state index in [-0.39, 0.29) is 27.8 Å². The summed E-state index contributed by atoms with van der Waals surface area (Å²) in [7, 11) is 0. The average molecular weight is 293 g/mol. The van der Waals surface area contributed by atoms with Crippen molar-refractivity contribution in [3.8, 4) is 5.75 Å². The maximum Gasteiger partial charge on any atom is 0.274 e. The molecular formula is C15H23N3O3. The van der Waals surface area contributed by atoms with Crippen molar-refractivity contribution in [2.75, 3.05) is 26.2 Å². The van der Waals surface area contributed by atoms with Crippen LogP contribution in [0.4, 0.5) is 5.69 Å². The zero-order valence-electron chi connectivity index (χ0n) is 12.8. The summed E-state index contributed by atoms with van der Waals surface area (Å²) >= 11 is 0. The van der Waals surface area contributed by atoms with Gasteiger partial charge in [0.05, 0.1) is 10.5 Å². The molecular weight excluding hydrogens is 270 g/mol. The molecule has 1 saturated heterocycles. The molecule has 0 unspecified atom stereocenters. The highest BCUT2D eigenvalue weighted by Gasteiger charge is 2.36. The highest BCUT2D eigenvalue weighted by Crippen LogP contribution is 2.42. The largest absolute Gasteiger partial charge is 0.508 e. The molecule has 0 aromatic heterocycles. The van der Waals surface area contributed by atoms with Gasteiger partial charge in [0.1, 0.15) is 5.75 Å². The van der Waals surface area contributed by atoms with Crippen LogP contribution in [0.25, 0.3) is 0 Å². The number of nitrogens with one attached hydrogen (secondary N) is 1. The molecule has 1 aromatic rings. The van der Waals surface area contributed by atoms with Crippen LogP contribution >= 0.6 is 0 Å². The highest BCUT2D eigenvalue weighted by atomic mass is 16.6. The van der Waals surface area contributed by atoms with Crippen LogP contribution in [0.2, 0.25) is 0 Å². The van der Waals surface area contributed by atoms with Crippen LogP contribution < -0.4 is 5.32 Å². The molecule has 1 aliphatic rings. The Kier molecular flexibility index (Phi) is 4.49. The van der Waals surface area contributed by atoms with Gasteiger partial charge in [0.25, 0.3) is 5.69 Å². The van der Waals surface area contributed by atoms with E-state index in [1.807, 2.05) is 0 Å². The van der Waals surface area contributed by atoms with Crippen LogP contribution in [0, 0.1) is 15.5 Å². The van der Waals surface area contributed by atoms with Gasteiger partial charge in [-0.05, 0) is 17.5 Å². The third kappa shape index (κ3) is 3.51. The number of rotatable bonds is 3. The van der Waals surface area contributed by atoms with Crippen LogP contribution in [0.3, 0.4) is 0 Å². The molecule has 6 heteroatoms. The van der Waals surface area contributed by atoms with Crippen LogP contribution in [0.5, 0.6) is 5.75 Å². The third-order valence-electron chi connectivity index (χ3n) is 3.84. The molecule has 1 fully saturated rings. The summed E-state index contributed by atoms with van der Waals surface area (Å²) in [5, 5.41) is 24.4. The van der Waals surface area contributed by atoms with E-state index < -0.39 is 0 Å². The van der Waals surface area contributed by atoms with Gasteiger partial charge in [0, 0.05) is 38.3 Å². The van der Waals surface area contributed by atoms with Gasteiger partial charge < -0.3 is 10.4 Å². The first kappa shape index (κ1) is 15.7. The summed E-state index contributed by atoms with van der Waals surface area (Å²) in [6.45, 7) is 9.66. The summed E-state index contributed by atoms with van der Waals surface area (Å²) in [5.41, 5.74) is 0.497. The lowest BCUT2D eigenvalue weighted by atomic mass is 9.80. The molecule has 0 amide bonds. The molecule has 0 spiro atoms. The van der Waals surface area contributed by atoms with E-state index in [1.165, 1.54) is 18.2 Å². The molecule has 2 N–H and O–H groups in total. The number of nitro groups is 1. The van der Waals surface area contributed by atoms with Gasteiger partial charge in [-0.1, -0.05) is 20.8 Å². The molecule has 21 heavy (non-hydrogen) atoms. The van der Waals surface area contributed by atoms with Crippen molar-refractivity contribution in [1.29, 1.82) is 0 Å². The van der Waals surface area contributed by atoms with E-state index in [9.17, 15) is 15.2 Å². The fraction of sp³-hybridized carbons (Fsp3) is 0.600. The molecule has 1 atom stereocenters. The third-order valence-corrected chi connectivity index (χ3v) is 3.84. The Morgan fingerprint density at radius 3 is 2.48 bits per heavy atom. The first-order valence-electron chi connectivity index (χ1n) is 7.23. The first-order valence-corrected chi connectivity index (χ1v) is 7.23. The van der Waals surface area contributed by atoms with E-state index in [1.54, 1.807) is 0 Å². The second kappa shape index (κ2) is 5.99. The minimum absolute atomic E-state index is 0.0694. The lowest BCUT2D eigenvalue weighted by Gasteiger charge is -2.42. The Morgan fingerprint density at radius 1 is 1.33 bits per heavy atom. The average Bonchev–Trinajstić information content (AvgIpc) is 2.38. The molecule has 1 aromatic carbocycles. The SMILES string of the molecule is CC(C)(C)[C@H](c1cc(O)ccc1[N+](=O)[O-])N1CCNCC1. The van der Waals surface area contributed by atoms with Crippen molar-refractivity contribution < 1.29 is 10.0 Å². The van der Waals surface area contributed by atoms with E-state index in [2.05, 4.69) is 31.0 Å². The second-order valence-electron chi connectivity index (χ2n) is 6.55. The van der Waals surface area contributed by atoms with Crippen molar-refractivity contribution >= 4 is 5.69 Å². The Hall–Kier alpha value is -1.66. The van der Waals surface area contributed by atoms with Crippen molar-refractivity contribution in [3.05, 3.63) is 33.9 Å². The lowest BCUT2D eigenvalue weighted by Crippen LogP contribution is -2.48. The zero-order valence-corrected chi connectivity index (χ0v) is 12.8. The molecule has 1 heterocycles. The highest BCUT2D eigenvalue weighted by molar-refractivity contribution is 5.47. The number of phenols is 1. The number of nitrogens with zero attached hydrogens (tertiary/aromatic N) is 2. The fourth-order valence-corrected chi connectivity index (χ4v) is 3.08. The standard InChI is InChI=1S/C15H23N3O3/c1-15(2,3)14(17-8-6-16-7-9-17)12-10-11(19)4-5-13(12)18(20)21/h4-5,10,14,16,19H,6-9H2,1-3H3/t14-/m0/s1. The molecule has 1 aliphatic heterocycles. The molecule has 0 radical (unpaired) electrons. The Labute approximate surface area is 124 Å². The van der Waals surface area contributed by atoms with Gasteiger partial charge in [0.2, 0.25) is 0 Å². The van der Waals surface area contributed by atoms with Gasteiger partial charge in [-0.3, -0.25) is 15.0 Å². The number of phenolic OH excluding ortho intramolecular Hbond substituents is 1. The summed E-state index contributed by atoms with van der Waals surface area (Å²) < 4.78 is 0. The van der Waals surface area contributed by atoms with Crippen LogP contribution in [-0.4, -0.2) is 41.1 Å². The van der Waals surface area contributed by atoms with Gasteiger partial charge in [-0.25, -0.2) is 0 Å². The number of hydrogen-bond acceptors (Lipinski definition) is 5. The molecule has 116 valence electrons. The maximum atomic E-state index is 11.3. The zero-order chi connectivity index (χ0) is 15.6. The molecule has 0 saturated carbocycles. The molecule has 0 bridgehead atoms. The number of nitro benzene ring substituents is 1. The van der Waals surface area contributed by atoms with Crippen LogP contribution in [0.1, 0.15) is 32.4 Å². The maximum absolute atomic E-state index is 11.3. The van der Waals surface area contributed by atoms with Crippen molar-refractivity contribution in [2.45, 2.75) is 26.8 Å². The summed E-state index contributed by atoms with van der Waals surface area (Å²) in [5.74, 6) is 0.0694. The van der Waals surface area contributed by atoms with E-state index in [0.29, 0.717) is 5.56 Å². The normalized spacial score (nSPS) is 18.4. The topological polar surface area (TPSA) is 78.6 Å². The minimum atomic E-state index is -0.365. The predicted octanol–water partition coefficient (Wildman–Crippen LogP) is 2.29. The van der Waals surface area contributed by atoms with Gasteiger partial charge >= 0.3 is 0 Å². The van der Waals surface area contributed by atoms with Crippen LogP contribution in [-0.2, 0) is 0 Å². The van der Waals surface area contributed by atoms with Crippen molar-refractivity contribution in [3.63, 3.8) is 0 Å². The van der Waals surface area contributed by atoms with E-state index in [4.69, 9.17) is 0 Å². The molecule has 6 nitrogen and oxygen atoms in total. The van der Waals surface area contributed by atoms with Crippen LogP contribution in [0.15, 0.2) is 18.2 Å². The Morgan fingerprint density at radius 2 is 1.95 bits per heavy atom. The smallest absolute Gasteiger partial charge is 0.274 e.